The van der Waals surface area contributed by atoms with Crippen LogP contribution >= 0.6 is 0 Å². The number of hydrogen-bond acceptors (Lipinski definition) is 6. The van der Waals surface area contributed by atoms with Crippen molar-refractivity contribution >= 4 is 15.8 Å². The average Bonchev–Trinajstić information content (AvgIpc) is 2.48. The fourth-order valence-corrected chi connectivity index (χ4v) is 2.37. The van der Waals surface area contributed by atoms with Crippen molar-refractivity contribution in [3.63, 3.8) is 0 Å². The number of hydrogen-bond donors (Lipinski definition) is 0. The van der Waals surface area contributed by atoms with Crippen molar-refractivity contribution in [2.24, 2.45) is 5.16 Å². The van der Waals surface area contributed by atoms with Gasteiger partial charge in [-0.2, -0.15) is 18.9 Å². The number of unbranched alkanes of at least 4 members (excludes halogenated alkanes) is 1. The number of oxime groups is 1. The predicted molar refractivity (Wildman–Crippen MR) is 77.7 cm³/mol. The maximum absolute atomic E-state index is 11.5. The lowest BCUT2D eigenvalue weighted by molar-refractivity contribution is 0.339. The summed E-state index contributed by atoms with van der Waals surface area (Å²) in [6.45, 7) is 1.86. The molecule has 0 spiro atoms. The highest BCUT2D eigenvalue weighted by Gasteiger charge is 2.12. The molecule has 0 aliphatic heterocycles. The van der Waals surface area contributed by atoms with Crippen LogP contribution in [0.3, 0.4) is 0 Å². The minimum Gasteiger partial charge on any atom is -0.267 e. The van der Waals surface area contributed by atoms with Crippen LogP contribution in [0, 0.1) is 22.7 Å². The summed E-state index contributed by atoms with van der Waals surface area (Å²) in [6.07, 6.45) is 1.46. The van der Waals surface area contributed by atoms with E-state index in [1.54, 1.807) is 30.3 Å². The van der Waals surface area contributed by atoms with Gasteiger partial charge < -0.3 is 0 Å². The zero-order chi connectivity index (χ0) is 15.7. The maximum atomic E-state index is 11.5. The van der Waals surface area contributed by atoms with E-state index < -0.39 is 10.1 Å². The Balaban J connectivity index is 2.86. The molecule has 0 atom stereocenters. The van der Waals surface area contributed by atoms with Crippen LogP contribution in [0.5, 0.6) is 0 Å². The standard InChI is InChI=1S/C14H15N3O3S/c1-2-3-10-21(18,19)20-17-14(11-16)13-6-4-12(5-7-13)8-9-15/h4-7H,2-3,8,10H2,1H3. The Morgan fingerprint density at radius 3 is 2.48 bits per heavy atom. The highest BCUT2D eigenvalue weighted by Crippen LogP contribution is 2.08. The second-order valence-corrected chi connectivity index (χ2v) is 5.95. The van der Waals surface area contributed by atoms with Crippen molar-refractivity contribution in [1.82, 2.24) is 0 Å². The monoisotopic (exact) mass is 305 g/mol. The molecular formula is C14H15N3O3S. The largest absolute Gasteiger partial charge is 0.328 e. The summed E-state index contributed by atoms with van der Waals surface area (Å²) < 4.78 is 27.5. The molecule has 0 heterocycles. The van der Waals surface area contributed by atoms with Crippen LogP contribution in [-0.2, 0) is 20.8 Å². The van der Waals surface area contributed by atoms with Gasteiger partial charge in [-0.25, -0.2) is 0 Å². The average molecular weight is 305 g/mol. The summed E-state index contributed by atoms with van der Waals surface area (Å²) in [6, 6.07) is 10.3. The lowest BCUT2D eigenvalue weighted by Crippen LogP contribution is -2.09. The number of nitriles is 2. The van der Waals surface area contributed by atoms with E-state index in [-0.39, 0.29) is 17.9 Å². The molecule has 0 amide bonds. The first kappa shape index (κ1) is 16.7. The second-order valence-electron chi connectivity index (χ2n) is 4.27. The first-order valence-corrected chi connectivity index (χ1v) is 7.96. The van der Waals surface area contributed by atoms with Crippen molar-refractivity contribution in [3.8, 4) is 12.1 Å². The summed E-state index contributed by atoms with van der Waals surface area (Å²) in [5, 5.41) is 21.0. The Kier molecular flexibility index (Phi) is 6.38. The maximum Gasteiger partial charge on any atom is 0.328 e. The van der Waals surface area contributed by atoms with Crippen LogP contribution in [-0.4, -0.2) is 19.9 Å². The Labute approximate surface area is 124 Å². The van der Waals surface area contributed by atoms with Gasteiger partial charge in [-0.3, -0.25) is 4.28 Å². The summed E-state index contributed by atoms with van der Waals surface area (Å²) in [4.78, 5) is 0. The molecule has 0 saturated heterocycles. The van der Waals surface area contributed by atoms with E-state index in [2.05, 4.69) is 9.44 Å². The smallest absolute Gasteiger partial charge is 0.267 e. The number of benzene rings is 1. The van der Waals surface area contributed by atoms with Gasteiger partial charge in [-0.05, 0) is 12.0 Å². The van der Waals surface area contributed by atoms with Gasteiger partial charge in [-0.15, -0.1) is 0 Å². The first-order valence-electron chi connectivity index (χ1n) is 6.38. The van der Waals surface area contributed by atoms with Crippen molar-refractivity contribution in [2.45, 2.75) is 26.2 Å². The molecule has 0 radical (unpaired) electrons. The third-order valence-corrected chi connectivity index (χ3v) is 3.70. The third kappa shape index (κ3) is 5.64. The molecule has 1 aromatic rings. The fraction of sp³-hybridized carbons (Fsp3) is 0.357. The van der Waals surface area contributed by atoms with Gasteiger partial charge in [0.05, 0.1) is 18.2 Å². The lowest BCUT2D eigenvalue weighted by Gasteiger charge is -2.02. The predicted octanol–water partition coefficient (Wildman–Crippen LogP) is 2.13. The Hall–Kier alpha value is -2.38. The Bertz CT molecular complexity index is 680. The summed E-state index contributed by atoms with van der Waals surface area (Å²) in [7, 11) is -3.76. The topological polar surface area (TPSA) is 103 Å². The molecule has 0 N–H and O–H groups in total. The molecule has 110 valence electrons. The highest BCUT2D eigenvalue weighted by molar-refractivity contribution is 7.86. The minimum absolute atomic E-state index is 0.126. The number of rotatable bonds is 7. The summed E-state index contributed by atoms with van der Waals surface area (Å²) >= 11 is 0. The van der Waals surface area contributed by atoms with Crippen LogP contribution in [0.25, 0.3) is 0 Å². The van der Waals surface area contributed by atoms with E-state index in [1.165, 1.54) is 0 Å². The molecule has 0 aromatic heterocycles. The zero-order valence-corrected chi connectivity index (χ0v) is 12.4. The van der Waals surface area contributed by atoms with Gasteiger partial charge in [0.15, 0.2) is 5.71 Å². The van der Waals surface area contributed by atoms with Crippen molar-refractivity contribution in [1.29, 1.82) is 10.5 Å². The van der Waals surface area contributed by atoms with E-state index in [9.17, 15) is 8.42 Å². The van der Waals surface area contributed by atoms with E-state index in [0.717, 1.165) is 12.0 Å². The van der Waals surface area contributed by atoms with Gasteiger partial charge in [0.2, 0.25) is 0 Å². The lowest BCUT2D eigenvalue weighted by atomic mass is 10.1. The van der Waals surface area contributed by atoms with E-state index in [0.29, 0.717) is 12.0 Å². The Morgan fingerprint density at radius 2 is 1.95 bits per heavy atom. The molecule has 1 aromatic carbocycles. The third-order valence-electron chi connectivity index (χ3n) is 2.61. The van der Waals surface area contributed by atoms with Crippen LogP contribution in [0.15, 0.2) is 29.4 Å². The molecule has 7 heteroatoms. The van der Waals surface area contributed by atoms with Crippen LogP contribution in [0.1, 0.15) is 30.9 Å². The van der Waals surface area contributed by atoms with Crippen molar-refractivity contribution < 1.29 is 12.7 Å². The van der Waals surface area contributed by atoms with Crippen molar-refractivity contribution in [2.75, 3.05) is 5.75 Å². The molecule has 0 fully saturated rings. The van der Waals surface area contributed by atoms with Crippen molar-refractivity contribution in [3.05, 3.63) is 35.4 Å². The molecule has 0 aliphatic rings. The van der Waals surface area contributed by atoms with Gasteiger partial charge in [0.25, 0.3) is 0 Å². The second kappa shape index (κ2) is 8.03. The van der Waals surface area contributed by atoms with Gasteiger partial charge in [0.1, 0.15) is 6.07 Å². The van der Waals surface area contributed by atoms with Crippen LogP contribution < -0.4 is 0 Å². The molecule has 0 bridgehead atoms. The van der Waals surface area contributed by atoms with Gasteiger partial charge >= 0.3 is 10.1 Å². The molecule has 6 nitrogen and oxygen atoms in total. The Morgan fingerprint density at radius 1 is 1.29 bits per heavy atom. The first-order chi connectivity index (χ1) is 10.0. The summed E-state index contributed by atoms with van der Waals surface area (Å²) in [5.74, 6) is -0.132. The van der Waals surface area contributed by atoms with Gasteiger partial charge in [0, 0.05) is 5.56 Å². The van der Waals surface area contributed by atoms with Crippen LogP contribution in [0.2, 0.25) is 0 Å². The number of nitrogens with zero attached hydrogens (tertiary/aromatic N) is 3. The molecule has 21 heavy (non-hydrogen) atoms. The molecular weight excluding hydrogens is 290 g/mol. The molecule has 0 unspecified atom stereocenters. The van der Waals surface area contributed by atoms with Crippen LogP contribution in [0.4, 0.5) is 0 Å². The SMILES string of the molecule is CCCCS(=O)(=O)ON=C(C#N)c1ccc(CC#N)cc1. The summed E-state index contributed by atoms with van der Waals surface area (Å²) in [5.41, 5.74) is 1.11. The highest BCUT2D eigenvalue weighted by atomic mass is 32.2. The quantitative estimate of drug-likeness (QED) is 0.567. The molecule has 1 rings (SSSR count). The van der Waals surface area contributed by atoms with Gasteiger partial charge in [-0.1, -0.05) is 42.8 Å². The molecule has 0 aliphatic carbocycles. The van der Waals surface area contributed by atoms with E-state index >= 15 is 0 Å². The normalized spacial score (nSPS) is 11.5. The van der Waals surface area contributed by atoms with E-state index in [4.69, 9.17) is 10.5 Å². The fourth-order valence-electron chi connectivity index (χ4n) is 1.46. The molecule has 0 saturated carbocycles. The van der Waals surface area contributed by atoms with E-state index in [1.807, 2.05) is 13.0 Å². The minimum atomic E-state index is -3.76. The zero-order valence-electron chi connectivity index (χ0n) is 11.6.